The molecule has 0 saturated heterocycles. The van der Waals surface area contributed by atoms with Crippen LogP contribution in [-0.2, 0) is 23.0 Å². The van der Waals surface area contributed by atoms with Gasteiger partial charge < -0.3 is 5.32 Å². The molecule has 0 aliphatic rings. The van der Waals surface area contributed by atoms with E-state index in [2.05, 4.69) is 5.32 Å². The number of rotatable bonds is 9. The Bertz CT molecular complexity index is 1500. The Balaban J connectivity index is 1.57. The van der Waals surface area contributed by atoms with Gasteiger partial charge in [-0.3, -0.25) is 9.10 Å². The van der Waals surface area contributed by atoms with Gasteiger partial charge in [-0.2, -0.15) is 0 Å². The van der Waals surface area contributed by atoms with Gasteiger partial charge in [0.05, 0.1) is 17.1 Å². The molecule has 0 aromatic heterocycles. The predicted molar refractivity (Wildman–Crippen MR) is 154 cm³/mol. The van der Waals surface area contributed by atoms with Crippen LogP contribution >= 0.6 is 11.6 Å². The summed E-state index contributed by atoms with van der Waals surface area (Å²) in [5, 5.41) is 3.55. The fourth-order valence-electron chi connectivity index (χ4n) is 4.33. The van der Waals surface area contributed by atoms with Crippen LogP contribution in [0.25, 0.3) is 0 Å². The van der Waals surface area contributed by atoms with E-state index >= 15 is 0 Å². The second-order valence-electron chi connectivity index (χ2n) is 9.95. The SMILES string of the molecule is Cc1ccc(Cl)cc1N(Cc1ccc(C(=O)NC(C)(C)Cc2ccccc2)cc1)S(=O)(=O)c1ccccc1. The van der Waals surface area contributed by atoms with Gasteiger partial charge in [0, 0.05) is 16.1 Å². The number of benzene rings is 4. The molecule has 0 aliphatic carbocycles. The lowest BCUT2D eigenvalue weighted by Crippen LogP contribution is -2.45. The number of sulfonamides is 1. The van der Waals surface area contributed by atoms with Gasteiger partial charge >= 0.3 is 0 Å². The molecule has 0 spiro atoms. The normalized spacial score (nSPS) is 11.7. The highest BCUT2D eigenvalue weighted by molar-refractivity contribution is 7.92. The molecule has 1 amide bonds. The average molecular weight is 547 g/mol. The van der Waals surface area contributed by atoms with Gasteiger partial charge in [-0.1, -0.05) is 78.3 Å². The molecule has 7 heteroatoms. The summed E-state index contributed by atoms with van der Waals surface area (Å²) in [7, 11) is -3.88. The third kappa shape index (κ3) is 6.63. The summed E-state index contributed by atoms with van der Waals surface area (Å²) in [5.41, 5.74) is 3.23. The first-order chi connectivity index (χ1) is 18.0. The summed E-state index contributed by atoms with van der Waals surface area (Å²) in [5.74, 6) is -0.183. The minimum Gasteiger partial charge on any atom is -0.347 e. The lowest BCUT2D eigenvalue weighted by molar-refractivity contribution is 0.0913. The Morgan fingerprint density at radius 1 is 0.842 bits per heavy atom. The number of amides is 1. The van der Waals surface area contributed by atoms with Crippen molar-refractivity contribution in [2.24, 2.45) is 0 Å². The fraction of sp³-hybridized carbons (Fsp3) is 0.194. The second kappa shape index (κ2) is 11.4. The van der Waals surface area contributed by atoms with Crippen LogP contribution in [-0.4, -0.2) is 19.9 Å². The van der Waals surface area contributed by atoms with Crippen LogP contribution in [0.15, 0.2) is 108 Å². The Kier molecular flexibility index (Phi) is 8.24. The van der Waals surface area contributed by atoms with Gasteiger partial charge in [-0.05, 0) is 80.3 Å². The summed E-state index contributed by atoms with van der Waals surface area (Å²) in [6.45, 7) is 5.92. The number of anilines is 1. The van der Waals surface area contributed by atoms with Gasteiger partial charge in [-0.25, -0.2) is 8.42 Å². The first kappa shape index (κ1) is 27.4. The van der Waals surface area contributed by atoms with E-state index in [1.54, 1.807) is 72.8 Å². The zero-order valence-corrected chi connectivity index (χ0v) is 23.3. The van der Waals surface area contributed by atoms with E-state index in [1.165, 1.54) is 4.31 Å². The lowest BCUT2D eigenvalue weighted by atomic mass is 9.94. The van der Waals surface area contributed by atoms with E-state index in [0.717, 1.165) is 16.7 Å². The van der Waals surface area contributed by atoms with Crippen molar-refractivity contribution in [3.63, 3.8) is 0 Å². The number of nitrogens with one attached hydrogen (secondary N) is 1. The molecule has 0 unspecified atom stereocenters. The van der Waals surface area contributed by atoms with Crippen molar-refractivity contribution in [3.8, 4) is 0 Å². The van der Waals surface area contributed by atoms with Crippen LogP contribution in [0.2, 0.25) is 5.02 Å². The van der Waals surface area contributed by atoms with Crippen LogP contribution in [0.5, 0.6) is 0 Å². The number of halogens is 1. The largest absolute Gasteiger partial charge is 0.347 e. The van der Waals surface area contributed by atoms with Crippen LogP contribution in [0.1, 0.15) is 40.9 Å². The van der Waals surface area contributed by atoms with Gasteiger partial charge in [0.1, 0.15) is 0 Å². The summed E-state index contributed by atoms with van der Waals surface area (Å²) in [4.78, 5) is 13.2. The standard InChI is InChI=1S/C31H31ClN2O3S/c1-23-14-19-27(32)20-29(23)34(38(36,37)28-12-8-5-9-13-28)22-25-15-17-26(18-16-25)30(35)33-31(2,3)21-24-10-6-4-7-11-24/h4-20H,21-22H2,1-3H3,(H,33,35). The molecular weight excluding hydrogens is 516 g/mol. The maximum atomic E-state index is 13.7. The molecule has 0 fully saturated rings. The molecule has 0 atom stereocenters. The van der Waals surface area contributed by atoms with E-state index in [1.807, 2.05) is 51.1 Å². The summed E-state index contributed by atoms with van der Waals surface area (Å²) < 4.78 is 28.8. The van der Waals surface area contributed by atoms with Crippen LogP contribution in [0, 0.1) is 6.92 Å². The third-order valence-corrected chi connectivity index (χ3v) is 8.26. The van der Waals surface area contributed by atoms with Crippen molar-refractivity contribution in [1.82, 2.24) is 5.32 Å². The minimum absolute atomic E-state index is 0.0831. The van der Waals surface area contributed by atoms with Gasteiger partial charge in [0.2, 0.25) is 0 Å². The fourth-order valence-corrected chi connectivity index (χ4v) is 6.02. The maximum absolute atomic E-state index is 13.7. The van der Waals surface area contributed by atoms with Crippen LogP contribution in [0.4, 0.5) is 5.69 Å². The highest BCUT2D eigenvalue weighted by Crippen LogP contribution is 2.31. The zero-order chi connectivity index (χ0) is 27.3. The van der Waals surface area contributed by atoms with Gasteiger partial charge in [0.15, 0.2) is 0 Å². The molecule has 0 heterocycles. The van der Waals surface area contributed by atoms with Crippen molar-refractivity contribution in [1.29, 1.82) is 0 Å². The summed E-state index contributed by atoms with van der Waals surface area (Å²) >= 11 is 6.25. The maximum Gasteiger partial charge on any atom is 0.264 e. The molecule has 4 aromatic carbocycles. The number of carbonyl (C=O) groups excluding carboxylic acids is 1. The molecule has 1 N–H and O–H groups in total. The first-order valence-corrected chi connectivity index (χ1v) is 14.2. The smallest absolute Gasteiger partial charge is 0.264 e. The van der Waals surface area contributed by atoms with Gasteiger partial charge in [0.25, 0.3) is 15.9 Å². The summed E-state index contributed by atoms with van der Waals surface area (Å²) in [6, 6.07) is 30.6. The Labute approximate surface area is 230 Å². The third-order valence-electron chi connectivity index (χ3n) is 6.25. The molecule has 4 aromatic rings. The molecule has 0 aliphatic heterocycles. The Morgan fingerprint density at radius 2 is 1.45 bits per heavy atom. The van der Waals surface area contributed by atoms with Crippen molar-refractivity contribution in [2.45, 2.75) is 44.2 Å². The number of hydrogen-bond acceptors (Lipinski definition) is 3. The van der Waals surface area contributed by atoms with Crippen LogP contribution < -0.4 is 9.62 Å². The van der Waals surface area contributed by atoms with Crippen molar-refractivity contribution < 1.29 is 13.2 Å². The van der Waals surface area contributed by atoms with E-state index in [-0.39, 0.29) is 17.3 Å². The molecule has 196 valence electrons. The average Bonchev–Trinajstić information content (AvgIpc) is 2.89. The molecular formula is C31H31ClN2O3S. The Hall–Kier alpha value is -3.61. The molecule has 4 rings (SSSR count). The van der Waals surface area contributed by atoms with Crippen molar-refractivity contribution in [2.75, 3.05) is 4.31 Å². The topological polar surface area (TPSA) is 66.5 Å². The number of hydrogen-bond donors (Lipinski definition) is 1. The van der Waals surface area contributed by atoms with Crippen molar-refractivity contribution >= 4 is 33.2 Å². The van der Waals surface area contributed by atoms with E-state index < -0.39 is 15.6 Å². The second-order valence-corrected chi connectivity index (χ2v) is 12.3. The molecule has 0 bridgehead atoms. The zero-order valence-electron chi connectivity index (χ0n) is 21.7. The number of aryl methyl sites for hydroxylation is 1. The van der Waals surface area contributed by atoms with Gasteiger partial charge in [-0.15, -0.1) is 0 Å². The Morgan fingerprint density at radius 3 is 2.08 bits per heavy atom. The quantitative estimate of drug-likeness (QED) is 0.251. The van der Waals surface area contributed by atoms with E-state index in [9.17, 15) is 13.2 Å². The van der Waals surface area contributed by atoms with Crippen molar-refractivity contribution in [3.05, 3.63) is 130 Å². The lowest BCUT2D eigenvalue weighted by Gasteiger charge is -2.27. The minimum atomic E-state index is -3.88. The number of carbonyl (C=O) groups is 1. The molecule has 38 heavy (non-hydrogen) atoms. The molecule has 0 radical (unpaired) electrons. The highest BCUT2D eigenvalue weighted by Gasteiger charge is 2.27. The number of nitrogens with zero attached hydrogens (tertiary/aromatic N) is 1. The monoisotopic (exact) mass is 546 g/mol. The molecule has 0 saturated carbocycles. The first-order valence-electron chi connectivity index (χ1n) is 12.3. The predicted octanol–water partition coefficient (Wildman–Crippen LogP) is 6.80. The highest BCUT2D eigenvalue weighted by atomic mass is 35.5. The molecule has 5 nitrogen and oxygen atoms in total. The van der Waals surface area contributed by atoms with Crippen LogP contribution in [0.3, 0.4) is 0 Å². The summed E-state index contributed by atoms with van der Waals surface area (Å²) in [6.07, 6.45) is 0.697. The van der Waals surface area contributed by atoms with E-state index in [0.29, 0.717) is 22.7 Å². The van der Waals surface area contributed by atoms with E-state index in [4.69, 9.17) is 11.6 Å².